The van der Waals surface area contributed by atoms with Crippen LogP contribution in [0.5, 0.6) is 0 Å². The van der Waals surface area contributed by atoms with Crippen LogP contribution in [0.4, 0.5) is 11.8 Å². The maximum atomic E-state index is 4.62. The highest BCUT2D eigenvalue weighted by atomic mass is 15.4. The van der Waals surface area contributed by atoms with Crippen molar-refractivity contribution in [1.29, 1.82) is 0 Å². The van der Waals surface area contributed by atoms with E-state index in [2.05, 4.69) is 67.3 Å². The van der Waals surface area contributed by atoms with Crippen LogP contribution in [-0.2, 0) is 0 Å². The number of benzene rings is 1. The maximum Gasteiger partial charge on any atom is 0.225 e. The normalized spacial score (nSPS) is 16.4. The minimum atomic E-state index is 0.284. The fraction of sp³-hybridized carbons (Fsp3) is 0.381. The van der Waals surface area contributed by atoms with Gasteiger partial charge in [0.2, 0.25) is 5.95 Å². The second-order valence-electron chi connectivity index (χ2n) is 6.90. The molecular weight excluding hydrogens is 336 g/mol. The molecule has 0 radical (unpaired) electrons. The van der Waals surface area contributed by atoms with Crippen molar-refractivity contribution >= 4 is 22.5 Å². The number of nitrogens with one attached hydrogen (secondary N) is 1. The van der Waals surface area contributed by atoms with Crippen LogP contribution < -0.4 is 10.2 Å². The van der Waals surface area contributed by atoms with E-state index in [1.165, 1.54) is 10.8 Å². The van der Waals surface area contributed by atoms with Crippen LogP contribution in [0.1, 0.15) is 19.8 Å². The zero-order chi connectivity index (χ0) is 18.5. The van der Waals surface area contributed by atoms with E-state index in [-0.39, 0.29) is 6.17 Å². The van der Waals surface area contributed by atoms with Gasteiger partial charge in [-0.2, -0.15) is 0 Å². The predicted octanol–water partition coefficient (Wildman–Crippen LogP) is 3.39. The third-order valence-electron chi connectivity index (χ3n) is 5.13. The summed E-state index contributed by atoms with van der Waals surface area (Å²) < 4.78 is 0. The van der Waals surface area contributed by atoms with Crippen LogP contribution in [0, 0.1) is 0 Å². The summed E-state index contributed by atoms with van der Waals surface area (Å²) in [6.07, 6.45) is 8.01. The van der Waals surface area contributed by atoms with Crippen LogP contribution in [0.25, 0.3) is 10.8 Å². The van der Waals surface area contributed by atoms with Crippen LogP contribution in [-0.4, -0.2) is 52.2 Å². The Labute approximate surface area is 160 Å². The van der Waals surface area contributed by atoms with E-state index in [1.807, 2.05) is 24.7 Å². The molecule has 6 heteroatoms. The predicted molar refractivity (Wildman–Crippen MR) is 110 cm³/mol. The Morgan fingerprint density at radius 1 is 0.926 bits per heavy atom. The SMILES string of the molecule is CCCC(Nc1nccc2ccccc12)N1CCN(c2ncccn2)CC1. The zero-order valence-corrected chi connectivity index (χ0v) is 15.8. The van der Waals surface area contributed by atoms with Crippen molar-refractivity contribution in [2.75, 3.05) is 36.4 Å². The van der Waals surface area contributed by atoms with Gasteiger partial charge >= 0.3 is 0 Å². The average molecular weight is 362 g/mol. The van der Waals surface area contributed by atoms with Crippen molar-refractivity contribution < 1.29 is 0 Å². The van der Waals surface area contributed by atoms with Gasteiger partial charge in [-0.25, -0.2) is 15.0 Å². The molecule has 0 amide bonds. The van der Waals surface area contributed by atoms with E-state index in [1.54, 1.807) is 0 Å². The molecule has 1 aliphatic heterocycles. The Morgan fingerprint density at radius 3 is 2.48 bits per heavy atom. The van der Waals surface area contributed by atoms with Gasteiger partial charge in [-0.15, -0.1) is 0 Å². The lowest BCUT2D eigenvalue weighted by Crippen LogP contribution is -2.53. The molecule has 6 nitrogen and oxygen atoms in total. The van der Waals surface area contributed by atoms with Gasteiger partial charge in [0.15, 0.2) is 0 Å². The van der Waals surface area contributed by atoms with Gasteiger partial charge in [-0.05, 0) is 23.9 Å². The molecule has 0 saturated carbocycles. The quantitative estimate of drug-likeness (QED) is 0.725. The average Bonchev–Trinajstić information content (AvgIpc) is 2.74. The Hall–Kier alpha value is -2.73. The summed E-state index contributed by atoms with van der Waals surface area (Å²) in [4.78, 5) is 18.2. The smallest absolute Gasteiger partial charge is 0.225 e. The Balaban J connectivity index is 1.47. The molecule has 1 atom stereocenters. The molecule has 3 heterocycles. The maximum absolute atomic E-state index is 4.62. The molecule has 1 aliphatic rings. The lowest BCUT2D eigenvalue weighted by molar-refractivity contribution is 0.192. The van der Waals surface area contributed by atoms with Gasteiger partial charge in [0.1, 0.15) is 5.82 Å². The first kappa shape index (κ1) is 17.7. The summed E-state index contributed by atoms with van der Waals surface area (Å²) in [6, 6.07) is 12.3. The highest BCUT2D eigenvalue weighted by Gasteiger charge is 2.25. The van der Waals surface area contributed by atoms with Crippen LogP contribution in [0.3, 0.4) is 0 Å². The summed E-state index contributed by atoms with van der Waals surface area (Å²) in [6.45, 7) is 6.09. The van der Waals surface area contributed by atoms with E-state index in [0.29, 0.717) is 0 Å². The number of fused-ring (bicyclic) bond motifs is 1. The molecule has 1 N–H and O–H groups in total. The van der Waals surface area contributed by atoms with Crippen LogP contribution in [0.2, 0.25) is 0 Å². The highest BCUT2D eigenvalue weighted by Crippen LogP contribution is 2.23. The lowest BCUT2D eigenvalue weighted by atomic mass is 10.1. The van der Waals surface area contributed by atoms with Gasteiger partial charge in [-0.1, -0.05) is 37.6 Å². The minimum absolute atomic E-state index is 0.284. The molecule has 27 heavy (non-hydrogen) atoms. The Kier molecular flexibility index (Phi) is 5.44. The van der Waals surface area contributed by atoms with Gasteiger partial charge in [0, 0.05) is 50.2 Å². The molecule has 0 bridgehead atoms. The fourth-order valence-electron chi connectivity index (χ4n) is 3.70. The fourth-order valence-corrected chi connectivity index (χ4v) is 3.70. The summed E-state index contributed by atoms with van der Waals surface area (Å²) in [5.74, 6) is 1.80. The Bertz CT molecular complexity index is 855. The number of pyridine rings is 1. The standard InChI is InChI=1S/C21H26N6/c1-2-6-19(25-20-18-8-4-3-7-17(18)9-12-22-20)26-13-15-27(16-14-26)21-23-10-5-11-24-21/h3-5,7-12,19H,2,6,13-16H2,1H3,(H,22,25). The largest absolute Gasteiger partial charge is 0.354 e. The second kappa shape index (κ2) is 8.31. The van der Waals surface area contributed by atoms with Gasteiger partial charge in [-0.3, -0.25) is 4.90 Å². The number of anilines is 2. The molecule has 4 rings (SSSR count). The van der Waals surface area contributed by atoms with Crippen LogP contribution in [0.15, 0.2) is 55.0 Å². The molecule has 1 aromatic carbocycles. The minimum Gasteiger partial charge on any atom is -0.354 e. The van der Waals surface area contributed by atoms with Crippen molar-refractivity contribution in [3.8, 4) is 0 Å². The van der Waals surface area contributed by atoms with Crippen molar-refractivity contribution in [3.05, 3.63) is 55.0 Å². The highest BCUT2D eigenvalue weighted by molar-refractivity contribution is 5.91. The molecule has 1 unspecified atom stereocenters. The van der Waals surface area contributed by atoms with Crippen molar-refractivity contribution in [2.24, 2.45) is 0 Å². The summed E-state index contributed by atoms with van der Waals surface area (Å²) in [5, 5.41) is 6.11. The summed E-state index contributed by atoms with van der Waals surface area (Å²) in [5.41, 5.74) is 0. The zero-order valence-electron chi connectivity index (χ0n) is 15.8. The number of piperazine rings is 1. The number of hydrogen-bond donors (Lipinski definition) is 1. The molecule has 0 spiro atoms. The summed E-state index contributed by atoms with van der Waals surface area (Å²) in [7, 11) is 0. The van der Waals surface area contributed by atoms with Crippen LogP contribution >= 0.6 is 0 Å². The number of rotatable bonds is 6. The third kappa shape index (κ3) is 4.01. The van der Waals surface area contributed by atoms with Gasteiger partial charge in [0.05, 0.1) is 6.17 Å². The molecule has 0 aliphatic carbocycles. The van der Waals surface area contributed by atoms with Crippen molar-refractivity contribution in [2.45, 2.75) is 25.9 Å². The molecule has 1 fully saturated rings. The third-order valence-corrected chi connectivity index (χ3v) is 5.13. The van der Waals surface area contributed by atoms with Gasteiger partial charge in [0.25, 0.3) is 0 Å². The Morgan fingerprint density at radius 2 is 1.70 bits per heavy atom. The molecule has 140 valence electrons. The first-order chi connectivity index (χ1) is 13.3. The van der Waals surface area contributed by atoms with E-state index in [9.17, 15) is 0 Å². The van der Waals surface area contributed by atoms with Crippen molar-refractivity contribution in [1.82, 2.24) is 19.9 Å². The number of aromatic nitrogens is 3. The monoisotopic (exact) mass is 362 g/mol. The molecule has 2 aromatic heterocycles. The summed E-state index contributed by atoms with van der Waals surface area (Å²) >= 11 is 0. The van der Waals surface area contributed by atoms with E-state index in [4.69, 9.17) is 0 Å². The number of hydrogen-bond acceptors (Lipinski definition) is 6. The molecule has 1 saturated heterocycles. The first-order valence-corrected chi connectivity index (χ1v) is 9.71. The number of nitrogens with zero attached hydrogens (tertiary/aromatic N) is 5. The van der Waals surface area contributed by atoms with E-state index < -0.39 is 0 Å². The molecule has 3 aromatic rings. The first-order valence-electron chi connectivity index (χ1n) is 9.71. The van der Waals surface area contributed by atoms with Gasteiger partial charge < -0.3 is 10.2 Å². The second-order valence-corrected chi connectivity index (χ2v) is 6.90. The lowest BCUT2D eigenvalue weighted by Gasteiger charge is -2.39. The van der Waals surface area contributed by atoms with E-state index in [0.717, 1.165) is 50.8 Å². The van der Waals surface area contributed by atoms with Crippen molar-refractivity contribution in [3.63, 3.8) is 0 Å². The van der Waals surface area contributed by atoms with E-state index >= 15 is 0 Å². The molecular formula is C21H26N6. The topological polar surface area (TPSA) is 57.2 Å².